The molecule has 1 rings (SSSR count). The number of aliphatic hydroxyl groups is 6. The zero-order valence-corrected chi connectivity index (χ0v) is 10.8. The molecule has 110 valence electrons. The number of rotatable bonds is 4. The van der Waals surface area contributed by atoms with E-state index < -0.39 is 30.5 Å². The lowest BCUT2D eigenvalue weighted by Gasteiger charge is -2.42. The monoisotopic (exact) mass is 267 g/mol. The molecule has 1 aliphatic rings. The molecule has 1 aliphatic carbocycles. The van der Waals surface area contributed by atoms with Crippen molar-refractivity contribution in [3.05, 3.63) is 0 Å². The van der Waals surface area contributed by atoms with Gasteiger partial charge in [0.05, 0.1) is 31.0 Å². The Kier molecular flexibility index (Phi) is 7.88. The van der Waals surface area contributed by atoms with Crippen molar-refractivity contribution in [2.75, 3.05) is 20.3 Å². The average Bonchev–Trinajstić information content (AvgIpc) is 2.37. The van der Waals surface area contributed by atoms with E-state index in [0.29, 0.717) is 0 Å². The van der Waals surface area contributed by atoms with Crippen LogP contribution in [-0.2, 0) is 0 Å². The van der Waals surface area contributed by atoms with Gasteiger partial charge in [0.25, 0.3) is 0 Å². The standard InChI is InChI=1S/C10H21NO5.CH4O/c1-6(4-12)11-7-2-10(16,5-13)3-8(14)9(7)15;1-2/h6-9,11-16H,2-5H2,1H3;2H,1H3/t6?,7?,8-,9?,10?;/m1./s1. The fourth-order valence-electron chi connectivity index (χ4n) is 2.10. The van der Waals surface area contributed by atoms with E-state index in [2.05, 4.69) is 5.32 Å². The Hall–Kier alpha value is -0.280. The highest BCUT2D eigenvalue weighted by atomic mass is 16.3. The molecule has 4 unspecified atom stereocenters. The molecule has 18 heavy (non-hydrogen) atoms. The van der Waals surface area contributed by atoms with Crippen molar-refractivity contribution >= 4 is 0 Å². The van der Waals surface area contributed by atoms with Crippen LogP contribution in [0.5, 0.6) is 0 Å². The molecule has 0 aromatic heterocycles. The lowest BCUT2D eigenvalue weighted by atomic mass is 9.78. The third-order valence-corrected chi connectivity index (χ3v) is 3.06. The predicted octanol–water partition coefficient (Wildman–Crippen LogP) is -2.83. The molecule has 0 spiro atoms. The van der Waals surface area contributed by atoms with Crippen molar-refractivity contribution in [1.82, 2.24) is 5.32 Å². The van der Waals surface area contributed by atoms with Gasteiger partial charge < -0.3 is 36.0 Å². The summed E-state index contributed by atoms with van der Waals surface area (Å²) in [6.45, 7) is 1.17. The van der Waals surface area contributed by atoms with Crippen molar-refractivity contribution in [1.29, 1.82) is 0 Å². The van der Waals surface area contributed by atoms with Gasteiger partial charge in [-0.25, -0.2) is 0 Å². The molecule has 0 aromatic rings. The molecule has 0 radical (unpaired) electrons. The Morgan fingerprint density at radius 1 is 1.22 bits per heavy atom. The second kappa shape index (κ2) is 8.00. The summed E-state index contributed by atoms with van der Waals surface area (Å²) in [7, 11) is 1.00. The molecule has 1 saturated carbocycles. The predicted molar refractivity (Wildman–Crippen MR) is 64.9 cm³/mol. The highest BCUT2D eigenvalue weighted by Crippen LogP contribution is 2.29. The molecule has 0 bridgehead atoms. The van der Waals surface area contributed by atoms with E-state index in [9.17, 15) is 15.3 Å². The summed E-state index contributed by atoms with van der Waals surface area (Å²) in [6.07, 6.45) is -1.97. The van der Waals surface area contributed by atoms with Crippen LogP contribution in [0.4, 0.5) is 0 Å². The van der Waals surface area contributed by atoms with E-state index in [1.807, 2.05) is 0 Å². The zero-order valence-electron chi connectivity index (χ0n) is 10.8. The van der Waals surface area contributed by atoms with Gasteiger partial charge in [0.2, 0.25) is 0 Å². The average molecular weight is 267 g/mol. The van der Waals surface area contributed by atoms with Crippen LogP contribution < -0.4 is 5.32 Å². The van der Waals surface area contributed by atoms with Gasteiger partial charge in [0.15, 0.2) is 0 Å². The number of hydrogen-bond acceptors (Lipinski definition) is 7. The molecular formula is C11H25NO6. The third-order valence-electron chi connectivity index (χ3n) is 3.06. The van der Waals surface area contributed by atoms with Crippen molar-refractivity contribution < 1.29 is 30.6 Å². The largest absolute Gasteiger partial charge is 0.400 e. The Bertz CT molecular complexity index is 230. The van der Waals surface area contributed by atoms with Crippen LogP contribution >= 0.6 is 0 Å². The SMILES string of the molecule is CC(CO)NC1CC(O)(CO)C[C@@H](O)C1O.CO. The summed E-state index contributed by atoms with van der Waals surface area (Å²) in [6, 6.07) is -0.782. The second-order valence-corrected chi connectivity index (χ2v) is 4.71. The smallest absolute Gasteiger partial charge is 0.0953 e. The van der Waals surface area contributed by atoms with E-state index in [1.54, 1.807) is 6.92 Å². The minimum Gasteiger partial charge on any atom is -0.400 e. The Labute approximate surface area is 107 Å². The molecule has 0 aliphatic heterocycles. The summed E-state index contributed by atoms with van der Waals surface area (Å²) in [5.74, 6) is 0. The minimum atomic E-state index is -1.37. The summed E-state index contributed by atoms with van der Waals surface area (Å²) < 4.78 is 0. The maximum atomic E-state index is 9.90. The molecule has 7 N–H and O–H groups in total. The topological polar surface area (TPSA) is 133 Å². The van der Waals surface area contributed by atoms with Crippen LogP contribution in [0.1, 0.15) is 19.8 Å². The van der Waals surface area contributed by atoms with Gasteiger partial charge in [0.1, 0.15) is 0 Å². The first kappa shape index (κ1) is 17.7. The van der Waals surface area contributed by atoms with Crippen LogP contribution in [0.2, 0.25) is 0 Å². The van der Waals surface area contributed by atoms with Crippen LogP contribution in [0.25, 0.3) is 0 Å². The molecule has 1 fully saturated rings. The minimum absolute atomic E-state index is 0.0453. The van der Waals surface area contributed by atoms with Crippen molar-refractivity contribution in [2.24, 2.45) is 0 Å². The summed E-state index contributed by atoms with van der Waals surface area (Å²) >= 11 is 0. The lowest BCUT2D eigenvalue weighted by molar-refractivity contribution is -0.133. The first-order valence-corrected chi connectivity index (χ1v) is 5.93. The van der Waals surface area contributed by atoms with E-state index in [-0.39, 0.29) is 25.5 Å². The number of hydrogen-bond donors (Lipinski definition) is 7. The fourth-order valence-corrected chi connectivity index (χ4v) is 2.10. The number of aliphatic hydroxyl groups excluding tert-OH is 5. The molecule has 7 nitrogen and oxygen atoms in total. The Morgan fingerprint density at radius 2 is 1.78 bits per heavy atom. The van der Waals surface area contributed by atoms with Crippen LogP contribution in [0, 0.1) is 0 Å². The van der Waals surface area contributed by atoms with E-state index in [4.69, 9.17) is 15.3 Å². The zero-order chi connectivity index (χ0) is 14.3. The first-order chi connectivity index (χ1) is 8.41. The lowest BCUT2D eigenvalue weighted by Crippen LogP contribution is -2.60. The molecule has 5 atom stereocenters. The molecule has 0 heterocycles. The molecule has 0 saturated heterocycles. The van der Waals surface area contributed by atoms with Gasteiger partial charge in [-0.3, -0.25) is 0 Å². The van der Waals surface area contributed by atoms with E-state index in [1.165, 1.54) is 0 Å². The van der Waals surface area contributed by atoms with Crippen molar-refractivity contribution in [3.8, 4) is 0 Å². The molecule has 0 aromatic carbocycles. The first-order valence-electron chi connectivity index (χ1n) is 5.93. The van der Waals surface area contributed by atoms with Crippen LogP contribution in [-0.4, -0.2) is 80.9 Å². The fraction of sp³-hybridized carbons (Fsp3) is 1.00. The number of nitrogens with one attached hydrogen (secondary N) is 1. The Morgan fingerprint density at radius 3 is 2.22 bits per heavy atom. The normalized spacial score (nSPS) is 37.7. The summed E-state index contributed by atoms with van der Waals surface area (Å²) in [5, 5.41) is 57.0. The molecular weight excluding hydrogens is 242 g/mol. The van der Waals surface area contributed by atoms with E-state index in [0.717, 1.165) is 7.11 Å². The van der Waals surface area contributed by atoms with Gasteiger partial charge in [-0.2, -0.15) is 0 Å². The Balaban J connectivity index is 0.00000137. The molecule has 7 heteroatoms. The molecule has 0 amide bonds. The van der Waals surface area contributed by atoms with Gasteiger partial charge >= 0.3 is 0 Å². The maximum absolute atomic E-state index is 9.90. The maximum Gasteiger partial charge on any atom is 0.0953 e. The van der Waals surface area contributed by atoms with Crippen LogP contribution in [0.15, 0.2) is 0 Å². The van der Waals surface area contributed by atoms with Crippen molar-refractivity contribution in [3.63, 3.8) is 0 Å². The van der Waals surface area contributed by atoms with Gasteiger partial charge in [-0.1, -0.05) is 0 Å². The summed E-state index contributed by atoms with van der Waals surface area (Å²) in [4.78, 5) is 0. The van der Waals surface area contributed by atoms with E-state index >= 15 is 0 Å². The van der Waals surface area contributed by atoms with Gasteiger partial charge in [0, 0.05) is 25.6 Å². The van der Waals surface area contributed by atoms with Crippen molar-refractivity contribution in [2.45, 2.75) is 49.7 Å². The van der Waals surface area contributed by atoms with Gasteiger partial charge in [-0.15, -0.1) is 0 Å². The van der Waals surface area contributed by atoms with Gasteiger partial charge in [-0.05, 0) is 13.3 Å². The highest BCUT2D eigenvalue weighted by molar-refractivity contribution is 4.98. The highest BCUT2D eigenvalue weighted by Gasteiger charge is 2.43. The second-order valence-electron chi connectivity index (χ2n) is 4.71. The quantitative estimate of drug-likeness (QED) is 0.292. The van der Waals surface area contributed by atoms with Crippen LogP contribution in [0.3, 0.4) is 0 Å². The summed E-state index contributed by atoms with van der Waals surface area (Å²) in [5.41, 5.74) is -1.37. The third kappa shape index (κ3) is 4.77.